The second-order valence-electron chi connectivity index (χ2n) is 5.24. The molecule has 126 valence electrons. The van der Waals surface area contributed by atoms with Crippen molar-refractivity contribution in [2.24, 2.45) is 0 Å². The summed E-state index contributed by atoms with van der Waals surface area (Å²) in [5.74, 6) is -0.751. The van der Waals surface area contributed by atoms with Gasteiger partial charge in [0.05, 0.1) is 0 Å². The first-order valence-electron chi connectivity index (χ1n) is 7.44. The molecule has 2 aromatic rings. The Morgan fingerprint density at radius 1 is 1.21 bits per heavy atom. The van der Waals surface area contributed by atoms with Gasteiger partial charge < -0.3 is 10.4 Å². The number of rotatable bonds is 7. The van der Waals surface area contributed by atoms with Gasteiger partial charge in [0, 0.05) is 10.5 Å². The van der Waals surface area contributed by atoms with E-state index in [4.69, 9.17) is 0 Å². The van der Waals surface area contributed by atoms with Gasteiger partial charge in [-0.2, -0.15) is 11.8 Å². The normalized spacial score (nSPS) is 11.8. The molecule has 0 heterocycles. The van der Waals surface area contributed by atoms with Crippen LogP contribution in [0.1, 0.15) is 16.8 Å². The number of aliphatic carboxylic acids is 1. The van der Waals surface area contributed by atoms with Crippen LogP contribution in [0.15, 0.2) is 53.4 Å². The van der Waals surface area contributed by atoms with Crippen molar-refractivity contribution in [3.63, 3.8) is 0 Å². The average molecular weight is 361 g/mol. The van der Waals surface area contributed by atoms with Crippen molar-refractivity contribution < 1.29 is 14.7 Å². The van der Waals surface area contributed by atoms with Crippen LogP contribution in [0.4, 0.5) is 0 Å². The van der Waals surface area contributed by atoms with Crippen molar-refractivity contribution >= 4 is 36.3 Å². The average Bonchev–Trinajstić information content (AvgIpc) is 2.58. The van der Waals surface area contributed by atoms with E-state index >= 15 is 0 Å². The van der Waals surface area contributed by atoms with Gasteiger partial charge in [-0.25, -0.2) is 4.79 Å². The van der Waals surface area contributed by atoms with Gasteiger partial charge in [-0.1, -0.05) is 30.3 Å². The number of amides is 1. The lowest BCUT2D eigenvalue weighted by Crippen LogP contribution is -2.41. The third-order valence-electron chi connectivity index (χ3n) is 3.55. The monoisotopic (exact) mass is 361 g/mol. The third-order valence-corrected chi connectivity index (χ3v) is 4.47. The summed E-state index contributed by atoms with van der Waals surface area (Å²) in [5, 5.41) is 11.9. The predicted molar refractivity (Wildman–Crippen MR) is 101 cm³/mol. The quantitative estimate of drug-likeness (QED) is 0.660. The van der Waals surface area contributed by atoms with Gasteiger partial charge in [-0.05, 0) is 47.8 Å². The summed E-state index contributed by atoms with van der Waals surface area (Å²) in [6.45, 7) is 0. The first-order valence-corrected chi connectivity index (χ1v) is 9.28. The predicted octanol–water partition coefficient (Wildman–Crippen LogP) is 3.58. The fourth-order valence-corrected chi connectivity index (χ4v) is 2.99. The maximum absolute atomic E-state index is 12.6. The summed E-state index contributed by atoms with van der Waals surface area (Å²) in [7, 11) is 0. The Balaban J connectivity index is 2.31. The van der Waals surface area contributed by atoms with Crippen LogP contribution >= 0.6 is 24.4 Å². The summed E-state index contributed by atoms with van der Waals surface area (Å²) in [5.41, 5.74) is 2.05. The Morgan fingerprint density at radius 3 is 2.54 bits per heavy atom. The van der Waals surface area contributed by atoms with E-state index in [2.05, 4.69) is 17.9 Å². The highest BCUT2D eigenvalue weighted by molar-refractivity contribution is 7.98. The van der Waals surface area contributed by atoms with Crippen LogP contribution < -0.4 is 5.32 Å². The molecule has 0 saturated carbocycles. The minimum absolute atomic E-state index is 0.383. The SMILES string of the molecule is CSCC[C@H](NC(=O)c1ccc(S)cc1-c1ccccc1)C(=O)O. The van der Waals surface area contributed by atoms with Gasteiger partial charge in [0.2, 0.25) is 0 Å². The zero-order valence-corrected chi connectivity index (χ0v) is 14.9. The Labute approximate surface area is 151 Å². The number of hydrogen-bond donors (Lipinski definition) is 3. The number of carbonyl (C=O) groups excluding carboxylic acids is 1. The number of hydrogen-bond acceptors (Lipinski definition) is 4. The summed E-state index contributed by atoms with van der Waals surface area (Å²) in [6, 6.07) is 13.8. The number of nitrogens with one attached hydrogen (secondary N) is 1. The molecule has 0 aliphatic rings. The summed E-state index contributed by atoms with van der Waals surface area (Å²) in [6.07, 6.45) is 2.28. The lowest BCUT2D eigenvalue weighted by atomic mass is 9.99. The summed E-state index contributed by atoms with van der Waals surface area (Å²) >= 11 is 5.89. The molecule has 0 fully saturated rings. The smallest absolute Gasteiger partial charge is 0.326 e. The van der Waals surface area contributed by atoms with E-state index in [9.17, 15) is 14.7 Å². The molecule has 6 heteroatoms. The number of thiol groups is 1. The largest absolute Gasteiger partial charge is 0.480 e. The summed E-state index contributed by atoms with van der Waals surface area (Å²) < 4.78 is 0. The fraction of sp³-hybridized carbons (Fsp3) is 0.222. The molecule has 0 aliphatic carbocycles. The molecule has 2 aromatic carbocycles. The number of benzene rings is 2. The van der Waals surface area contributed by atoms with Gasteiger partial charge in [-0.3, -0.25) is 4.79 Å². The lowest BCUT2D eigenvalue weighted by molar-refractivity contribution is -0.139. The van der Waals surface area contributed by atoms with Gasteiger partial charge in [0.1, 0.15) is 6.04 Å². The highest BCUT2D eigenvalue weighted by Gasteiger charge is 2.22. The van der Waals surface area contributed by atoms with Crippen LogP contribution in [0.25, 0.3) is 11.1 Å². The van der Waals surface area contributed by atoms with E-state index in [1.165, 1.54) is 0 Å². The molecule has 0 radical (unpaired) electrons. The zero-order chi connectivity index (χ0) is 17.5. The second kappa shape index (κ2) is 8.80. The van der Waals surface area contributed by atoms with Gasteiger partial charge in [-0.15, -0.1) is 12.6 Å². The molecular weight excluding hydrogens is 342 g/mol. The number of thioether (sulfide) groups is 1. The molecule has 0 unspecified atom stereocenters. The minimum Gasteiger partial charge on any atom is -0.480 e. The molecule has 0 bridgehead atoms. The molecule has 24 heavy (non-hydrogen) atoms. The molecule has 0 saturated heterocycles. The Hall–Kier alpha value is -1.92. The van der Waals surface area contributed by atoms with Gasteiger partial charge in [0.15, 0.2) is 0 Å². The molecule has 1 atom stereocenters. The molecule has 0 aromatic heterocycles. The highest BCUT2D eigenvalue weighted by Crippen LogP contribution is 2.26. The van der Waals surface area contributed by atoms with Crippen LogP contribution in [0, 0.1) is 0 Å². The Kier molecular flexibility index (Phi) is 6.75. The van der Waals surface area contributed by atoms with E-state index in [-0.39, 0.29) is 0 Å². The van der Waals surface area contributed by atoms with E-state index in [1.54, 1.807) is 23.9 Å². The first-order chi connectivity index (χ1) is 11.5. The Morgan fingerprint density at radius 2 is 1.92 bits per heavy atom. The van der Waals surface area contributed by atoms with E-state index in [0.29, 0.717) is 17.7 Å². The van der Waals surface area contributed by atoms with E-state index in [1.807, 2.05) is 42.7 Å². The van der Waals surface area contributed by atoms with Crippen LogP contribution in [0.2, 0.25) is 0 Å². The van der Waals surface area contributed by atoms with Gasteiger partial charge in [0.25, 0.3) is 5.91 Å². The van der Waals surface area contributed by atoms with Crippen molar-refractivity contribution in [3.8, 4) is 11.1 Å². The maximum Gasteiger partial charge on any atom is 0.326 e. The minimum atomic E-state index is -1.02. The first kappa shape index (κ1) is 18.4. The van der Waals surface area contributed by atoms with Crippen LogP contribution in [0.5, 0.6) is 0 Å². The number of carboxylic acids is 1. The van der Waals surface area contributed by atoms with Crippen molar-refractivity contribution in [1.29, 1.82) is 0 Å². The molecule has 4 nitrogen and oxygen atoms in total. The van der Waals surface area contributed by atoms with Crippen molar-refractivity contribution in [1.82, 2.24) is 5.32 Å². The zero-order valence-electron chi connectivity index (χ0n) is 13.2. The molecule has 0 spiro atoms. The van der Waals surface area contributed by atoms with Crippen LogP contribution in [-0.2, 0) is 4.79 Å². The molecule has 2 rings (SSSR count). The fourth-order valence-electron chi connectivity index (χ4n) is 2.32. The highest BCUT2D eigenvalue weighted by atomic mass is 32.2. The molecule has 1 amide bonds. The van der Waals surface area contributed by atoms with Crippen LogP contribution in [-0.4, -0.2) is 35.0 Å². The van der Waals surface area contributed by atoms with Gasteiger partial charge >= 0.3 is 5.97 Å². The Bertz CT molecular complexity index is 719. The van der Waals surface area contributed by atoms with Crippen molar-refractivity contribution in [3.05, 3.63) is 54.1 Å². The third kappa shape index (κ3) is 4.79. The molecule has 2 N–H and O–H groups in total. The van der Waals surface area contributed by atoms with Crippen molar-refractivity contribution in [2.45, 2.75) is 17.4 Å². The van der Waals surface area contributed by atoms with E-state index < -0.39 is 17.9 Å². The lowest BCUT2D eigenvalue weighted by Gasteiger charge is -2.16. The standard InChI is InChI=1S/C18H19NO3S2/c1-24-10-9-16(18(21)22)19-17(20)14-8-7-13(23)11-15(14)12-5-3-2-4-6-12/h2-8,11,16,23H,9-10H2,1H3,(H,19,20)(H,21,22)/t16-/m0/s1. The number of carbonyl (C=O) groups is 2. The molecule has 0 aliphatic heterocycles. The second-order valence-corrected chi connectivity index (χ2v) is 6.74. The number of carboxylic acid groups (broad SMARTS) is 1. The maximum atomic E-state index is 12.6. The van der Waals surface area contributed by atoms with Crippen LogP contribution in [0.3, 0.4) is 0 Å². The van der Waals surface area contributed by atoms with Crippen molar-refractivity contribution in [2.75, 3.05) is 12.0 Å². The molecular formula is C18H19NO3S2. The topological polar surface area (TPSA) is 66.4 Å². The summed E-state index contributed by atoms with van der Waals surface area (Å²) in [4.78, 5) is 24.7. The van der Waals surface area contributed by atoms with E-state index in [0.717, 1.165) is 16.0 Å².